The Labute approximate surface area is 185 Å². The number of piperidine rings is 1. The van der Waals surface area contributed by atoms with Crippen LogP contribution < -0.4 is 15.9 Å². The molecule has 2 aliphatic rings. The molecule has 1 atom stereocenters. The van der Waals surface area contributed by atoms with Crippen molar-refractivity contribution in [2.45, 2.75) is 51.3 Å². The molecule has 1 unspecified atom stereocenters. The van der Waals surface area contributed by atoms with E-state index in [1.807, 2.05) is 46.0 Å². The summed E-state index contributed by atoms with van der Waals surface area (Å²) in [7, 11) is 3.61. The number of amides is 3. The lowest BCUT2D eigenvalue weighted by molar-refractivity contribution is -0.135. The van der Waals surface area contributed by atoms with E-state index in [1.165, 1.54) is 9.13 Å². The van der Waals surface area contributed by atoms with Crippen molar-refractivity contribution in [2.24, 2.45) is 7.05 Å². The van der Waals surface area contributed by atoms with Crippen molar-refractivity contribution in [1.29, 1.82) is 0 Å². The van der Waals surface area contributed by atoms with Crippen LogP contribution >= 0.6 is 0 Å². The lowest BCUT2D eigenvalue weighted by Crippen LogP contribution is -2.61. The Morgan fingerprint density at radius 1 is 1.19 bits per heavy atom. The van der Waals surface area contributed by atoms with Gasteiger partial charge in [0, 0.05) is 33.6 Å². The Morgan fingerprint density at radius 3 is 2.50 bits per heavy atom. The number of fused-ring (bicyclic) bond motifs is 1. The largest absolute Gasteiger partial charge is 0.444 e. The summed E-state index contributed by atoms with van der Waals surface area (Å²) >= 11 is 0. The second kappa shape index (κ2) is 7.68. The Morgan fingerprint density at radius 2 is 1.88 bits per heavy atom. The third kappa shape index (κ3) is 3.74. The molecule has 1 N–H and O–H groups in total. The summed E-state index contributed by atoms with van der Waals surface area (Å²) in [5, 5.41) is 2.33. The molecule has 32 heavy (non-hydrogen) atoms. The number of hydrogen-bond donors (Lipinski definition) is 1. The van der Waals surface area contributed by atoms with E-state index >= 15 is 0 Å². The Balaban J connectivity index is 1.61. The molecule has 0 saturated carbocycles. The third-order valence-electron chi connectivity index (χ3n) is 6.04. The molecule has 0 bridgehead atoms. The summed E-state index contributed by atoms with van der Waals surface area (Å²) in [4.78, 5) is 53.0. The molecule has 4 rings (SSSR count). The van der Waals surface area contributed by atoms with Crippen molar-refractivity contribution >= 4 is 34.6 Å². The molecule has 2 aromatic rings. The van der Waals surface area contributed by atoms with Gasteiger partial charge in [0.2, 0.25) is 11.8 Å². The Kier molecular flexibility index (Phi) is 5.26. The third-order valence-corrected chi connectivity index (χ3v) is 6.04. The van der Waals surface area contributed by atoms with Gasteiger partial charge in [0.25, 0.3) is 0 Å². The van der Waals surface area contributed by atoms with Crippen LogP contribution in [-0.2, 0) is 21.4 Å². The lowest BCUT2D eigenvalue weighted by atomic mass is 10.1. The van der Waals surface area contributed by atoms with Gasteiger partial charge in [-0.2, -0.15) is 0 Å². The highest BCUT2D eigenvalue weighted by Gasteiger charge is 2.37. The molecule has 1 aromatic heterocycles. The van der Waals surface area contributed by atoms with Crippen LogP contribution in [-0.4, -0.2) is 63.7 Å². The average molecular weight is 444 g/mol. The van der Waals surface area contributed by atoms with Crippen LogP contribution in [0, 0.1) is 0 Å². The molecule has 2 saturated heterocycles. The van der Waals surface area contributed by atoms with Crippen molar-refractivity contribution in [3.05, 3.63) is 28.7 Å². The normalized spacial score (nSPS) is 19.7. The summed E-state index contributed by atoms with van der Waals surface area (Å²) in [5.41, 5.74) is 1.33. The average Bonchev–Trinajstić information content (AvgIpc) is 2.90. The zero-order valence-electron chi connectivity index (χ0n) is 19.0. The van der Waals surface area contributed by atoms with E-state index in [4.69, 9.17) is 4.74 Å². The molecule has 1 aromatic carbocycles. The van der Waals surface area contributed by atoms with Crippen LogP contribution in [0.1, 0.15) is 39.7 Å². The number of likely N-dealkylation sites (tertiary alicyclic amines) is 1. The maximum absolute atomic E-state index is 13.1. The van der Waals surface area contributed by atoms with Crippen molar-refractivity contribution in [1.82, 2.24) is 19.4 Å². The van der Waals surface area contributed by atoms with Gasteiger partial charge in [-0.15, -0.1) is 0 Å². The number of imidazole rings is 1. The molecule has 10 nitrogen and oxygen atoms in total. The van der Waals surface area contributed by atoms with Crippen molar-refractivity contribution in [3.8, 4) is 0 Å². The van der Waals surface area contributed by atoms with E-state index in [1.54, 1.807) is 11.9 Å². The number of likely N-dealkylation sites (N-methyl/N-ethyl adjacent to an activating group) is 1. The highest BCUT2D eigenvalue weighted by atomic mass is 16.6. The van der Waals surface area contributed by atoms with Gasteiger partial charge in [-0.05, 0) is 39.3 Å². The maximum atomic E-state index is 13.1. The van der Waals surface area contributed by atoms with Crippen LogP contribution in [0.15, 0.2) is 23.0 Å². The number of nitrogens with one attached hydrogen (secondary N) is 1. The molecule has 3 heterocycles. The molecule has 0 aliphatic carbocycles. The molecule has 3 amide bonds. The summed E-state index contributed by atoms with van der Waals surface area (Å²) < 4.78 is 8.44. The number of anilines is 1. The molecular formula is C22H29N5O5. The van der Waals surface area contributed by atoms with E-state index in [-0.39, 0.29) is 36.6 Å². The van der Waals surface area contributed by atoms with Gasteiger partial charge in [0.1, 0.15) is 11.6 Å². The quantitative estimate of drug-likeness (QED) is 0.719. The number of para-hydroxylation sites is 1. The van der Waals surface area contributed by atoms with Gasteiger partial charge >= 0.3 is 11.8 Å². The zero-order chi connectivity index (χ0) is 23.4. The van der Waals surface area contributed by atoms with Crippen LogP contribution in [0.5, 0.6) is 0 Å². The van der Waals surface area contributed by atoms with Gasteiger partial charge in [0.15, 0.2) is 0 Å². The number of hydrogen-bond acceptors (Lipinski definition) is 6. The maximum Gasteiger partial charge on any atom is 0.410 e. The van der Waals surface area contributed by atoms with E-state index < -0.39 is 17.6 Å². The SMILES string of the molecule is CN(c1cccc2c1n(C)c(=O)n2C1CCC(=O)NC1=O)C1CN(C(=O)OC(C)(C)C)C1. The molecule has 10 heteroatoms. The minimum absolute atomic E-state index is 0.0715. The number of aryl methyl sites for hydroxylation is 1. The van der Waals surface area contributed by atoms with E-state index in [0.717, 1.165) is 5.69 Å². The smallest absolute Gasteiger partial charge is 0.410 e. The van der Waals surface area contributed by atoms with Crippen molar-refractivity contribution in [2.75, 3.05) is 25.0 Å². The van der Waals surface area contributed by atoms with Gasteiger partial charge in [-0.25, -0.2) is 9.59 Å². The fourth-order valence-electron chi connectivity index (χ4n) is 4.30. The first-order chi connectivity index (χ1) is 15.0. The Hall–Kier alpha value is -3.30. The van der Waals surface area contributed by atoms with Crippen LogP contribution in [0.2, 0.25) is 0 Å². The number of carbonyl (C=O) groups excluding carboxylic acids is 3. The summed E-state index contributed by atoms with van der Waals surface area (Å²) in [6, 6.07) is 4.93. The molecule has 0 spiro atoms. The highest BCUT2D eigenvalue weighted by molar-refractivity contribution is 6.00. The standard InChI is InChI=1S/C22H29N5O5/c1-22(2,3)32-21(31)26-11-13(12-26)24(4)14-7-6-8-15-18(14)25(5)20(30)27(15)16-9-10-17(28)23-19(16)29/h6-8,13,16H,9-12H2,1-5H3,(H,23,28,29). The molecule has 0 radical (unpaired) electrons. The van der Waals surface area contributed by atoms with Crippen molar-refractivity contribution in [3.63, 3.8) is 0 Å². The number of ether oxygens (including phenoxy) is 1. The van der Waals surface area contributed by atoms with Crippen molar-refractivity contribution < 1.29 is 19.1 Å². The fraction of sp³-hybridized carbons (Fsp3) is 0.545. The number of rotatable bonds is 3. The lowest BCUT2D eigenvalue weighted by Gasteiger charge is -2.45. The molecule has 172 valence electrons. The summed E-state index contributed by atoms with van der Waals surface area (Å²) in [6.07, 6.45) is 0.148. The van der Waals surface area contributed by atoms with Crippen LogP contribution in [0.25, 0.3) is 11.0 Å². The number of aromatic nitrogens is 2. The van der Waals surface area contributed by atoms with Gasteiger partial charge in [0.05, 0.1) is 22.8 Å². The summed E-state index contributed by atoms with van der Waals surface area (Å²) in [5.74, 6) is -0.777. The number of nitrogens with zero attached hydrogens (tertiary/aromatic N) is 4. The topological polar surface area (TPSA) is 106 Å². The first kappa shape index (κ1) is 21.9. The summed E-state index contributed by atoms with van der Waals surface area (Å²) in [6.45, 7) is 6.54. The fourth-order valence-corrected chi connectivity index (χ4v) is 4.30. The second-order valence-corrected chi connectivity index (χ2v) is 9.47. The highest BCUT2D eigenvalue weighted by Crippen LogP contribution is 2.31. The van der Waals surface area contributed by atoms with E-state index in [9.17, 15) is 19.2 Å². The second-order valence-electron chi connectivity index (χ2n) is 9.47. The van der Waals surface area contributed by atoms with Crippen LogP contribution in [0.4, 0.5) is 10.5 Å². The molecular weight excluding hydrogens is 414 g/mol. The number of imide groups is 1. The van der Waals surface area contributed by atoms with Gasteiger partial charge in [-0.3, -0.25) is 24.0 Å². The first-order valence-corrected chi connectivity index (χ1v) is 10.7. The predicted molar refractivity (Wildman–Crippen MR) is 119 cm³/mol. The molecule has 2 aliphatic heterocycles. The first-order valence-electron chi connectivity index (χ1n) is 10.7. The van der Waals surface area contributed by atoms with Crippen LogP contribution in [0.3, 0.4) is 0 Å². The predicted octanol–water partition coefficient (Wildman–Crippen LogP) is 1.37. The number of carbonyl (C=O) groups is 3. The van der Waals surface area contributed by atoms with Gasteiger partial charge in [-0.1, -0.05) is 6.07 Å². The minimum Gasteiger partial charge on any atom is -0.444 e. The number of benzene rings is 1. The zero-order valence-corrected chi connectivity index (χ0v) is 19.0. The Bertz CT molecular complexity index is 1150. The van der Waals surface area contributed by atoms with E-state index in [0.29, 0.717) is 24.1 Å². The van der Waals surface area contributed by atoms with Gasteiger partial charge < -0.3 is 14.5 Å². The monoisotopic (exact) mass is 443 g/mol. The van der Waals surface area contributed by atoms with E-state index in [2.05, 4.69) is 10.2 Å². The minimum atomic E-state index is -0.726. The molecule has 2 fully saturated rings.